The molecule has 7 fully saturated rings. The molecule has 0 spiro atoms. The van der Waals surface area contributed by atoms with E-state index in [1.807, 2.05) is 6.92 Å². The summed E-state index contributed by atoms with van der Waals surface area (Å²) in [5, 5.41) is 128. The van der Waals surface area contributed by atoms with Gasteiger partial charge in [-0.3, -0.25) is 14.4 Å². The normalized spacial score (nSPS) is 53.6. The summed E-state index contributed by atoms with van der Waals surface area (Å²) in [6, 6.07) is 0. The predicted octanol–water partition coefficient (Wildman–Crippen LogP) is -2.74. The molecule has 5 aliphatic carbocycles. The molecule has 8 rings (SSSR count). The predicted molar refractivity (Wildman–Crippen MR) is 233 cm³/mol. The Labute approximate surface area is 405 Å². The van der Waals surface area contributed by atoms with E-state index in [4.69, 9.17) is 33.2 Å². The van der Waals surface area contributed by atoms with Gasteiger partial charge in [0.05, 0.1) is 68.6 Å². The van der Waals surface area contributed by atoms with Crippen molar-refractivity contribution in [3.63, 3.8) is 0 Å². The maximum Gasteiger partial charge on any atom is 0.315 e. The fourth-order valence-corrected chi connectivity index (χ4v) is 15.0. The average Bonchev–Trinajstić information content (AvgIpc) is 3.31. The summed E-state index contributed by atoms with van der Waals surface area (Å²) < 4.78 is 39.9. The van der Waals surface area contributed by atoms with Crippen molar-refractivity contribution in [3.8, 4) is 0 Å². The summed E-state index contributed by atoms with van der Waals surface area (Å²) in [6.07, 6.45) is -20.6. The number of carbonyl (C=O) groups is 3. The molecule has 8 aliphatic rings. The lowest BCUT2D eigenvalue weighted by Crippen LogP contribution is -2.70. The zero-order chi connectivity index (χ0) is 51.4. The first-order valence-corrected chi connectivity index (χ1v) is 24.5. The van der Waals surface area contributed by atoms with Gasteiger partial charge in [0.2, 0.25) is 6.29 Å². The van der Waals surface area contributed by atoms with Gasteiger partial charge < -0.3 is 94.4 Å². The number of hydrogen-bond acceptors (Lipinski definition) is 22. The van der Waals surface area contributed by atoms with E-state index in [2.05, 4.69) is 13.8 Å². The number of rotatable bonds is 10. The minimum absolute atomic E-state index is 0.0112. The van der Waals surface area contributed by atoms with E-state index < -0.39 is 187 Å². The van der Waals surface area contributed by atoms with Crippen LogP contribution in [0.15, 0.2) is 11.6 Å². The smallest absolute Gasteiger partial charge is 0.315 e. The number of methoxy groups -OCH3 is 1. The first-order valence-electron chi connectivity index (χ1n) is 24.5. The lowest BCUT2D eigenvalue weighted by atomic mass is 9.33. The third-order valence-electron chi connectivity index (χ3n) is 19.3. The fourth-order valence-electron chi connectivity index (χ4n) is 15.0. The molecule has 25 atom stereocenters. The SMILES string of the molecule is COC(=O)[C@@]1(C)CC[C@]2(C(=O)O[C@H]3O[C@H](O)[C@@H](O)[C@H](O)[C@H]3CO)CC[C@]3(C)C(=CC(=O)[C@H]4[C@@]5(C)C[C@H](O)[C@H](O[C@@H]6OC[C@@H](O[C@@H]7O[C@H](CO)[C@@H](O)[C@H](O)[C@H]7O)[C@H](O)[C@H]6O)[C@@](C)(CO)[C@H]5CC[C@]43C)[C@@H]2C1. The number of fused-ring (bicyclic) bond motifs is 7. The zero-order valence-electron chi connectivity index (χ0n) is 40.5. The van der Waals surface area contributed by atoms with Crippen LogP contribution in [0.2, 0.25) is 0 Å². The van der Waals surface area contributed by atoms with Crippen LogP contribution in [-0.4, -0.2) is 205 Å². The minimum Gasteiger partial charge on any atom is -0.469 e. The minimum atomic E-state index is -1.92. The molecular weight excluding hydrogens is 929 g/mol. The van der Waals surface area contributed by atoms with Crippen LogP contribution in [0.5, 0.6) is 0 Å². The molecule has 3 heterocycles. The summed E-state index contributed by atoms with van der Waals surface area (Å²) in [6.45, 7) is 7.13. The highest BCUT2D eigenvalue weighted by atomic mass is 16.8. The monoisotopic (exact) mass is 1000 g/mol. The van der Waals surface area contributed by atoms with E-state index in [1.54, 1.807) is 19.9 Å². The first kappa shape index (κ1) is 53.9. The Morgan fingerprint density at radius 2 is 1.39 bits per heavy atom. The van der Waals surface area contributed by atoms with Crippen molar-refractivity contribution < 1.29 is 109 Å². The number of ketones is 1. The third-order valence-corrected chi connectivity index (χ3v) is 19.3. The van der Waals surface area contributed by atoms with E-state index in [9.17, 15) is 70.9 Å². The van der Waals surface area contributed by atoms with Gasteiger partial charge in [-0.1, -0.05) is 33.3 Å². The molecular formula is C48H74O22. The fraction of sp³-hybridized carbons (Fsp3) is 0.896. The number of hydrogen-bond donors (Lipinski definition) is 12. The molecule has 12 N–H and O–H groups in total. The maximum absolute atomic E-state index is 15.3. The number of esters is 2. The van der Waals surface area contributed by atoms with Gasteiger partial charge in [0, 0.05) is 11.3 Å². The number of aliphatic hydroxyl groups is 12. The Morgan fingerprint density at radius 3 is 2.03 bits per heavy atom. The molecule has 0 bridgehead atoms. The Morgan fingerprint density at radius 1 is 0.714 bits per heavy atom. The van der Waals surface area contributed by atoms with Gasteiger partial charge in [-0.15, -0.1) is 0 Å². The lowest BCUT2D eigenvalue weighted by molar-refractivity contribution is -0.357. The van der Waals surface area contributed by atoms with Gasteiger partial charge in [-0.2, -0.15) is 0 Å². The number of ether oxygens (including phenoxy) is 7. The van der Waals surface area contributed by atoms with Crippen molar-refractivity contribution in [1.29, 1.82) is 0 Å². The van der Waals surface area contributed by atoms with Crippen LogP contribution in [0, 0.1) is 56.2 Å². The van der Waals surface area contributed by atoms with E-state index >= 15 is 4.79 Å². The Bertz CT molecular complexity index is 2000. The van der Waals surface area contributed by atoms with E-state index in [-0.39, 0.29) is 37.9 Å². The highest BCUT2D eigenvalue weighted by Crippen LogP contribution is 2.75. The largest absolute Gasteiger partial charge is 0.469 e. The molecule has 3 aliphatic heterocycles. The number of aliphatic hydroxyl groups excluding tert-OH is 12. The van der Waals surface area contributed by atoms with Crippen LogP contribution in [0.1, 0.15) is 86.0 Å². The van der Waals surface area contributed by atoms with E-state index in [0.29, 0.717) is 24.8 Å². The molecule has 0 unspecified atom stereocenters. The molecule has 0 aromatic rings. The number of allylic oxidation sites excluding steroid dienone is 2. The Hall–Kier alpha value is -2.33. The second-order valence-electron chi connectivity index (χ2n) is 22.9. The van der Waals surface area contributed by atoms with E-state index in [0.717, 1.165) is 0 Å². The van der Waals surface area contributed by atoms with Gasteiger partial charge in [-0.25, -0.2) is 0 Å². The standard InChI is InChI=1S/C48H74O22/c1-43(41(62)64-6)9-11-48(42(63)70-38-20(16-49)28(54)32(58)37(61)69-38)12-10-46(4)21(22(48)14-43)13-23(52)35-44(2)15-24(53)36(45(3,19-51)27(44)7-8-47(35,46)5)68-39-33(59)30(56)26(18-65-39)67-40-34(60)31(57)29(55)25(17-50)66-40/h13,20,22,24-40,49-51,53-61H,7-12,14-19H2,1-6H3/t20-,22+,24+,25-,26-,27+,28-,29-,30+,31+,32+,33-,34-,35+,36+,37+,38-,39+,40+,43+,44+,45+,46-,47-,48+/m1/s1. The van der Waals surface area contributed by atoms with Crippen LogP contribution in [0.4, 0.5) is 0 Å². The van der Waals surface area contributed by atoms with Gasteiger partial charge in [0.25, 0.3) is 0 Å². The Kier molecular flexibility index (Phi) is 14.7. The second kappa shape index (κ2) is 19.1. The summed E-state index contributed by atoms with van der Waals surface area (Å²) in [7, 11) is 1.28. The molecule has 70 heavy (non-hydrogen) atoms. The molecule has 22 heteroatoms. The van der Waals surface area contributed by atoms with Crippen molar-refractivity contribution >= 4 is 17.7 Å². The van der Waals surface area contributed by atoms with Crippen molar-refractivity contribution in [2.24, 2.45) is 56.2 Å². The highest BCUT2D eigenvalue weighted by Gasteiger charge is 2.73. The van der Waals surface area contributed by atoms with Crippen LogP contribution >= 0.6 is 0 Å². The topological polar surface area (TPSA) is 359 Å². The molecule has 4 saturated carbocycles. The molecule has 0 aromatic heterocycles. The highest BCUT2D eigenvalue weighted by molar-refractivity contribution is 5.96. The molecule has 398 valence electrons. The van der Waals surface area contributed by atoms with Gasteiger partial charge in [0.15, 0.2) is 24.7 Å². The number of carbonyl (C=O) groups excluding carboxylic acids is 3. The van der Waals surface area contributed by atoms with Gasteiger partial charge in [0.1, 0.15) is 48.8 Å². The van der Waals surface area contributed by atoms with Crippen LogP contribution in [0.25, 0.3) is 0 Å². The first-order chi connectivity index (χ1) is 32.8. The average molecular weight is 1000 g/mol. The van der Waals surface area contributed by atoms with Crippen molar-refractivity contribution in [2.75, 3.05) is 33.5 Å². The molecule has 3 saturated heterocycles. The van der Waals surface area contributed by atoms with Crippen LogP contribution in [0.3, 0.4) is 0 Å². The summed E-state index contributed by atoms with van der Waals surface area (Å²) in [5.41, 5.74) is -5.59. The third kappa shape index (κ3) is 8.05. The molecule has 0 amide bonds. The van der Waals surface area contributed by atoms with Crippen molar-refractivity contribution in [3.05, 3.63) is 11.6 Å². The maximum atomic E-state index is 15.3. The molecule has 0 radical (unpaired) electrons. The Balaban J connectivity index is 1.06. The van der Waals surface area contributed by atoms with Crippen molar-refractivity contribution in [1.82, 2.24) is 0 Å². The van der Waals surface area contributed by atoms with Gasteiger partial charge in [-0.05, 0) is 92.4 Å². The summed E-state index contributed by atoms with van der Waals surface area (Å²) in [5.74, 6) is -4.78. The second-order valence-corrected chi connectivity index (χ2v) is 22.9. The molecule has 0 aromatic carbocycles. The van der Waals surface area contributed by atoms with E-state index in [1.165, 1.54) is 7.11 Å². The summed E-state index contributed by atoms with van der Waals surface area (Å²) >= 11 is 0. The zero-order valence-corrected chi connectivity index (χ0v) is 40.5. The quantitative estimate of drug-likeness (QED) is 0.0780. The molecule has 22 nitrogen and oxygen atoms in total. The van der Waals surface area contributed by atoms with Crippen molar-refractivity contribution in [2.45, 2.75) is 178 Å². The lowest BCUT2D eigenvalue weighted by Gasteiger charge is -2.71. The van der Waals surface area contributed by atoms with Gasteiger partial charge >= 0.3 is 11.9 Å². The van der Waals surface area contributed by atoms with Crippen LogP contribution in [-0.2, 0) is 47.5 Å². The van der Waals surface area contributed by atoms with Crippen LogP contribution < -0.4 is 0 Å². The summed E-state index contributed by atoms with van der Waals surface area (Å²) in [4.78, 5) is 43.6.